The third kappa shape index (κ3) is 7.76. The molecule has 0 N–H and O–H groups in total. The summed E-state index contributed by atoms with van der Waals surface area (Å²) in [6.45, 7) is 0. The van der Waals surface area contributed by atoms with Gasteiger partial charge in [-0.05, 0) is 142 Å². The molecule has 6 heterocycles. The van der Waals surface area contributed by atoms with Gasteiger partial charge >= 0.3 is 20.1 Å². The van der Waals surface area contributed by atoms with Gasteiger partial charge in [-0.15, -0.1) is 47.5 Å². The Labute approximate surface area is 401 Å². The van der Waals surface area contributed by atoms with Crippen molar-refractivity contribution in [2.45, 2.75) is 0 Å². The molecule has 0 aliphatic rings. The van der Waals surface area contributed by atoms with Gasteiger partial charge in [-0.1, -0.05) is 145 Å². The van der Waals surface area contributed by atoms with Crippen LogP contribution >= 0.6 is 0 Å². The van der Waals surface area contributed by atoms with E-state index in [4.69, 9.17) is 19.9 Å². The number of aromatic nitrogens is 6. The van der Waals surface area contributed by atoms with Crippen molar-refractivity contribution in [3.8, 4) is 89.7 Å². The van der Waals surface area contributed by atoms with Crippen LogP contribution in [0.25, 0.3) is 122 Å². The number of pyridine rings is 6. The molecule has 0 saturated heterocycles. The number of nitrogens with zero attached hydrogens (tertiary/aromatic N) is 6. The standard InChI is InChI=1S/C60H35N6.Ir/c1-5-18-48(56-28-25-39(37-64-56)54-23-9-11-31-61-54)44(14-1)41-34-42(45-15-2-6-19-49(45)57-29-26-40(38-65-57)55-24-10-12-32-62-55)36-43(35-41)46-16-3-7-20-50(46)58-30-27-53-59-51(22-13-33-63-59)47-17-4-8-21-52(47)60(53)66-58;/h1-24,28-38H;/q-3;+3. The van der Waals surface area contributed by atoms with Gasteiger partial charge in [0.15, 0.2) is 0 Å². The quantitative estimate of drug-likeness (QED) is 0.111. The fourth-order valence-electron chi connectivity index (χ4n) is 8.97. The molecule has 6 aromatic heterocycles. The van der Waals surface area contributed by atoms with Gasteiger partial charge in [-0.2, -0.15) is 0 Å². The van der Waals surface area contributed by atoms with E-state index in [0.29, 0.717) is 0 Å². The summed E-state index contributed by atoms with van der Waals surface area (Å²) in [7, 11) is 0. The van der Waals surface area contributed by atoms with Gasteiger partial charge in [0.05, 0.1) is 0 Å². The zero-order chi connectivity index (χ0) is 43.8. The Morgan fingerprint density at radius 3 is 1.22 bits per heavy atom. The van der Waals surface area contributed by atoms with E-state index in [1.165, 1.54) is 0 Å². The van der Waals surface area contributed by atoms with E-state index in [-0.39, 0.29) is 20.1 Å². The molecule has 0 saturated carbocycles. The van der Waals surface area contributed by atoms with Crippen molar-refractivity contribution in [2.24, 2.45) is 0 Å². The molecule has 314 valence electrons. The zero-order valence-electron chi connectivity index (χ0n) is 35.7. The second kappa shape index (κ2) is 17.9. The average Bonchev–Trinajstić information content (AvgIpc) is 3.41. The minimum Gasteiger partial charge on any atom is -0.352 e. The van der Waals surface area contributed by atoms with Crippen molar-refractivity contribution in [2.75, 3.05) is 0 Å². The average molecular weight is 1030 g/mol. The van der Waals surface area contributed by atoms with Gasteiger partial charge in [-0.25, -0.2) is 0 Å². The molecule has 0 spiro atoms. The number of fused-ring (bicyclic) bond motifs is 6. The predicted molar refractivity (Wildman–Crippen MR) is 266 cm³/mol. The minimum absolute atomic E-state index is 0. The van der Waals surface area contributed by atoms with Crippen LogP contribution in [0, 0.1) is 18.2 Å². The summed E-state index contributed by atoms with van der Waals surface area (Å²) >= 11 is 0. The molecule has 6 nitrogen and oxygen atoms in total. The number of benzene rings is 6. The molecule has 0 bridgehead atoms. The molecule has 0 amide bonds. The fourth-order valence-corrected chi connectivity index (χ4v) is 8.97. The number of hydrogen-bond donors (Lipinski definition) is 0. The third-order valence-electron chi connectivity index (χ3n) is 12.1. The van der Waals surface area contributed by atoms with Gasteiger partial charge in [0, 0.05) is 18.6 Å². The molecule has 6 aromatic carbocycles. The molecule has 0 radical (unpaired) electrons. The molecule has 67 heavy (non-hydrogen) atoms. The van der Waals surface area contributed by atoms with Crippen molar-refractivity contribution in [3.05, 3.63) is 231 Å². The summed E-state index contributed by atoms with van der Waals surface area (Å²) in [6, 6.07) is 72.9. The molecule has 12 rings (SSSR count). The molecule has 0 aliphatic heterocycles. The van der Waals surface area contributed by atoms with Crippen LogP contribution < -0.4 is 0 Å². The topological polar surface area (TPSA) is 77.3 Å². The second-order valence-corrected chi connectivity index (χ2v) is 16.0. The predicted octanol–water partition coefficient (Wildman–Crippen LogP) is 14.3. The Kier molecular flexibility index (Phi) is 11.1. The Hall–Kier alpha value is -8.35. The Morgan fingerprint density at radius 2 is 0.731 bits per heavy atom. The molecule has 7 heteroatoms. The van der Waals surface area contributed by atoms with Gasteiger partial charge in [-0.3, -0.25) is 0 Å². The normalized spacial score (nSPS) is 11.2. The van der Waals surface area contributed by atoms with Crippen LogP contribution in [0.4, 0.5) is 0 Å². The fraction of sp³-hybridized carbons (Fsp3) is 0. The smallest absolute Gasteiger partial charge is 0.352 e. The molecule has 0 fully saturated rings. The van der Waals surface area contributed by atoms with E-state index in [0.717, 1.165) is 122 Å². The van der Waals surface area contributed by atoms with E-state index in [1.54, 1.807) is 12.4 Å². The van der Waals surface area contributed by atoms with Crippen LogP contribution in [0.2, 0.25) is 0 Å². The Bertz CT molecular complexity index is 3570. The molecule has 0 aliphatic carbocycles. The molecular weight excluding hydrogens is 997 g/mol. The molecule has 12 aromatic rings. The third-order valence-corrected chi connectivity index (χ3v) is 12.1. The van der Waals surface area contributed by atoms with Crippen LogP contribution in [0.3, 0.4) is 0 Å². The maximum absolute atomic E-state index is 5.43. The van der Waals surface area contributed by atoms with E-state index in [1.807, 2.05) is 79.3 Å². The summed E-state index contributed by atoms with van der Waals surface area (Å²) in [5, 5.41) is 4.18. The minimum atomic E-state index is 0. The maximum atomic E-state index is 5.43. The van der Waals surface area contributed by atoms with Crippen LogP contribution in [0.1, 0.15) is 0 Å². The van der Waals surface area contributed by atoms with Crippen molar-refractivity contribution >= 4 is 32.6 Å². The summed E-state index contributed by atoms with van der Waals surface area (Å²) < 4.78 is 0. The Morgan fingerprint density at radius 1 is 0.313 bits per heavy atom. The first-order chi connectivity index (χ1) is 32.7. The zero-order valence-corrected chi connectivity index (χ0v) is 38.1. The summed E-state index contributed by atoms with van der Waals surface area (Å²) in [5.74, 6) is 0. The van der Waals surface area contributed by atoms with E-state index in [2.05, 4.69) is 149 Å². The first-order valence-electron chi connectivity index (χ1n) is 21.7. The maximum Gasteiger partial charge on any atom is 3.00 e. The summed E-state index contributed by atoms with van der Waals surface area (Å²) in [6.07, 6.45) is 9.11. The van der Waals surface area contributed by atoms with Crippen molar-refractivity contribution < 1.29 is 20.1 Å². The summed E-state index contributed by atoms with van der Waals surface area (Å²) in [5.41, 5.74) is 16.7. The first-order valence-corrected chi connectivity index (χ1v) is 21.7. The van der Waals surface area contributed by atoms with Gasteiger partial charge < -0.3 is 29.9 Å². The van der Waals surface area contributed by atoms with Crippen LogP contribution in [-0.4, -0.2) is 29.9 Å². The first kappa shape index (κ1) is 41.4. The molecule has 0 unspecified atom stereocenters. The number of rotatable bonds is 8. The second-order valence-electron chi connectivity index (χ2n) is 16.0. The largest absolute Gasteiger partial charge is 3.00 e. The SMILES string of the molecule is [Ir+3].[c-]1cc(-c2ccccc2-c2cc(-c3ccccc3-c3c[c-]c(-c4ccccn4)cn3)cc(-c3ccccc3-c3c[c-]c4c5ncccc5c5ccccc5c4n3)c2)ncc1-c1ccccn1. The van der Waals surface area contributed by atoms with E-state index in [9.17, 15) is 0 Å². The van der Waals surface area contributed by atoms with Crippen LogP contribution in [-0.2, 0) is 20.1 Å². The van der Waals surface area contributed by atoms with Crippen LogP contribution in [0.15, 0.2) is 213 Å². The molecule has 0 atom stereocenters. The van der Waals surface area contributed by atoms with Crippen molar-refractivity contribution in [1.29, 1.82) is 0 Å². The van der Waals surface area contributed by atoms with Crippen molar-refractivity contribution in [1.82, 2.24) is 29.9 Å². The van der Waals surface area contributed by atoms with Gasteiger partial charge in [0.2, 0.25) is 0 Å². The monoisotopic (exact) mass is 1030 g/mol. The Balaban J connectivity index is 0.00000494. The summed E-state index contributed by atoms with van der Waals surface area (Å²) in [4.78, 5) is 29.2. The molecular formula is C60H35IrN6. The van der Waals surface area contributed by atoms with E-state index < -0.39 is 0 Å². The van der Waals surface area contributed by atoms with Gasteiger partial charge in [0.1, 0.15) is 0 Å². The van der Waals surface area contributed by atoms with Crippen molar-refractivity contribution in [3.63, 3.8) is 0 Å². The van der Waals surface area contributed by atoms with Gasteiger partial charge in [0.25, 0.3) is 0 Å². The number of hydrogen-bond acceptors (Lipinski definition) is 6. The van der Waals surface area contributed by atoms with E-state index >= 15 is 0 Å². The van der Waals surface area contributed by atoms with Crippen LogP contribution in [0.5, 0.6) is 0 Å².